The Morgan fingerprint density at radius 2 is 1.71 bits per heavy atom. The topological polar surface area (TPSA) is 116 Å². The van der Waals surface area contributed by atoms with Crippen LogP contribution in [0.25, 0.3) is 0 Å². The number of carbonyl (C=O) groups excluding carboxylic acids is 1. The maximum atomic E-state index is 13.0. The molecule has 9 heteroatoms. The third-order valence-electron chi connectivity index (χ3n) is 5.21. The average Bonchev–Trinajstić information content (AvgIpc) is 3.35. The number of aliphatic hydroxyl groups is 2. The van der Waals surface area contributed by atoms with Crippen molar-refractivity contribution < 1.29 is 38.7 Å². The number of ether oxygens (including phenoxy) is 5. The lowest BCUT2D eigenvalue weighted by Crippen LogP contribution is -2.32. The molecule has 0 saturated carbocycles. The molecule has 3 aromatic rings. The standard InChI is InChI=1S/C26H27NO8/c28-13-12-23(34-19-6-2-1-3-7-19)25(20-8-4-5-9-21(20)31-15-14-29)35-26(30)27-18-10-11-22-24(16-18)33-17-32-22/h1-11,16,23,25,28-29H,12-15,17H2,(H,27,30)/t23-,25-/m1/s1. The first-order valence-corrected chi connectivity index (χ1v) is 11.2. The molecule has 1 aliphatic rings. The van der Waals surface area contributed by atoms with E-state index in [4.69, 9.17) is 23.7 Å². The van der Waals surface area contributed by atoms with E-state index in [0.717, 1.165) is 0 Å². The largest absolute Gasteiger partial charge is 0.491 e. The highest BCUT2D eigenvalue weighted by Gasteiger charge is 2.31. The van der Waals surface area contributed by atoms with Gasteiger partial charge in [0.2, 0.25) is 6.79 Å². The van der Waals surface area contributed by atoms with Gasteiger partial charge in [0.25, 0.3) is 0 Å². The molecule has 0 spiro atoms. The summed E-state index contributed by atoms with van der Waals surface area (Å²) < 4.78 is 28.4. The second-order valence-electron chi connectivity index (χ2n) is 7.61. The normalized spacial score (nSPS) is 13.5. The smallest absolute Gasteiger partial charge is 0.412 e. The van der Waals surface area contributed by atoms with E-state index < -0.39 is 18.3 Å². The molecule has 0 unspecified atom stereocenters. The zero-order chi connectivity index (χ0) is 24.5. The van der Waals surface area contributed by atoms with E-state index in [2.05, 4.69) is 5.32 Å². The number of hydrogen-bond acceptors (Lipinski definition) is 8. The number of aliphatic hydroxyl groups excluding tert-OH is 2. The van der Waals surface area contributed by atoms with Gasteiger partial charge < -0.3 is 33.9 Å². The Kier molecular flexibility index (Phi) is 8.26. The van der Waals surface area contributed by atoms with Crippen LogP contribution in [0.3, 0.4) is 0 Å². The molecular weight excluding hydrogens is 454 g/mol. The van der Waals surface area contributed by atoms with Crippen LogP contribution in [0.1, 0.15) is 18.1 Å². The van der Waals surface area contributed by atoms with Crippen LogP contribution < -0.4 is 24.3 Å². The molecule has 0 aromatic heterocycles. The van der Waals surface area contributed by atoms with Gasteiger partial charge in [-0.2, -0.15) is 0 Å². The lowest BCUT2D eigenvalue weighted by atomic mass is 10.0. The molecule has 1 heterocycles. The van der Waals surface area contributed by atoms with Crippen molar-refractivity contribution in [1.29, 1.82) is 0 Å². The first kappa shape index (κ1) is 24.2. The van der Waals surface area contributed by atoms with Crippen LogP contribution in [0.15, 0.2) is 72.8 Å². The van der Waals surface area contributed by atoms with Crippen LogP contribution in [0.4, 0.5) is 10.5 Å². The van der Waals surface area contributed by atoms with Crippen LogP contribution in [0, 0.1) is 0 Å². The minimum absolute atomic E-state index is 0.0668. The zero-order valence-electron chi connectivity index (χ0n) is 19.0. The summed E-state index contributed by atoms with van der Waals surface area (Å²) >= 11 is 0. The van der Waals surface area contributed by atoms with Crippen molar-refractivity contribution in [3.8, 4) is 23.0 Å². The monoisotopic (exact) mass is 481 g/mol. The Morgan fingerprint density at radius 3 is 2.51 bits per heavy atom. The maximum Gasteiger partial charge on any atom is 0.412 e. The number of carbonyl (C=O) groups is 1. The van der Waals surface area contributed by atoms with E-state index in [0.29, 0.717) is 34.2 Å². The van der Waals surface area contributed by atoms with Crippen molar-refractivity contribution in [1.82, 2.24) is 0 Å². The first-order valence-electron chi connectivity index (χ1n) is 11.2. The van der Waals surface area contributed by atoms with Gasteiger partial charge in [-0.3, -0.25) is 5.32 Å². The Morgan fingerprint density at radius 1 is 0.943 bits per heavy atom. The number of benzene rings is 3. The zero-order valence-corrected chi connectivity index (χ0v) is 19.0. The Bertz CT molecular complexity index is 1110. The number of nitrogens with one attached hydrogen (secondary N) is 1. The molecule has 4 rings (SSSR count). The van der Waals surface area contributed by atoms with Crippen LogP contribution >= 0.6 is 0 Å². The second-order valence-corrected chi connectivity index (χ2v) is 7.61. The van der Waals surface area contributed by atoms with Crippen LogP contribution in [0.2, 0.25) is 0 Å². The third-order valence-corrected chi connectivity index (χ3v) is 5.21. The van der Waals surface area contributed by atoms with Crippen molar-refractivity contribution in [3.05, 3.63) is 78.4 Å². The number of fused-ring (bicyclic) bond motifs is 1. The summed E-state index contributed by atoms with van der Waals surface area (Å²) in [5, 5.41) is 21.7. The molecule has 0 radical (unpaired) electrons. The van der Waals surface area contributed by atoms with Gasteiger partial charge in [0.05, 0.1) is 6.61 Å². The predicted octanol–water partition coefficient (Wildman–Crippen LogP) is 3.91. The van der Waals surface area contributed by atoms with Gasteiger partial charge in [0.1, 0.15) is 24.2 Å². The van der Waals surface area contributed by atoms with Crippen LogP contribution in [0.5, 0.6) is 23.0 Å². The van der Waals surface area contributed by atoms with Crippen molar-refractivity contribution in [2.75, 3.05) is 31.9 Å². The number of para-hydroxylation sites is 2. The number of hydrogen-bond donors (Lipinski definition) is 3. The molecule has 3 aromatic carbocycles. The fourth-order valence-electron chi connectivity index (χ4n) is 3.65. The van der Waals surface area contributed by atoms with E-state index in [1.165, 1.54) is 0 Å². The summed E-state index contributed by atoms with van der Waals surface area (Å²) in [6, 6.07) is 21.1. The number of amides is 1. The van der Waals surface area contributed by atoms with E-state index >= 15 is 0 Å². The molecule has 184 valence electrons. The van der Waals surface area contributed by atoms with Crippen molar-refractivity contribution in [2.24, 2.45) is 0 Å². The van der Waals surface area contributed by atoms with Crippen LogP contribution in [-0.4, -0.2) is 49.0 Å². The summed E-state index contributed by atoms with van der Waals surface area (Å²) in [6.07, 6.45) is -2.22. The summed E-state index contributed by atoms with van der Waals surface area (Å²) in [5.41, 5.74) is 1.00. The molecule has 0 saturated heterocycles. The van der Waals surface area contributed by atoms with Gasteiger partial charge in [-0.25, -0.2) is 4.79 Å². The van der Waals surface area contributed by atoms with E-state index in [1.54, 1.807) is 54.6 Å². The fourth-order valence-corrected chi connectivity index (χ4v) is 3.65. The first-order chi connectivity index (χ1) is 17.2. The molecule has 0 bridgehead atoms. The molecule has 9 nitrogen and oxygen atoms in total. The van der Waals surface area contributed by atoms with Gasteiger partial charge in [-0.1, -0.05) is 36.4 Å². The molecule has 1 amide bonds. The quantitative estimate of drug-likeness (QED) is 0.378. The highest BCUT2D eigenvalue weighted by Crippen LogP contribution is 2.36. The minimum Gasteiger partial charge on any atom is -0.491 e. The van der Waals surface area contributed by atoms with Gasteiger partial charge in [-0.05, 0) is 30.3 Å². The van der Waals surface area contributed by atoms with E-state index in [9.17, 15) is 15.0 Å². The van der Waals surface area contributed by atoms with Gasteiger partial charge in [0, 0.05) is 30.3 Å². The minimum atomic E-state index is -0.939. The van der Waals surface area contributed by atoms with E-state index in [-0.39, 0.29) is 33.0 Å². The van der Waals surface area contributed by atoms with Crippen molar-refractivity contribution in [3.63, 3.8) is 0 Å². The fraction of sp³-hybridized carbons (Fsp3) is 0.269. The Labute approximate surface area is 202 Å². The van der Waals surface area contributed by atoms with Crippen molar-refractivity contribution >= 4 is 11.8 Å². The molecule has 0 aliphatic carbocycles. The Hall–Kier alpha value is -3.95. The van der Waals surface area contributed by atoms with Crippen LogP contribution in [-0.2, 0) is 4.74 Å². The summed E-state index contributed by atoms with van der Waals surface area (Å²) in [4.78, 5) is 13.0. The molecular formula is C26H27NO8. The maximum absolute atomic E-state index is 13.0. The lowest BCUT2D eigenvalue weighted by molar-refractivity contribution is 0.00751. The molecule has 35 heavy (non-hydrogen) atoms. The Balaban J connectivity index is 1.60. The third kappa shape index (κ3) is 6.34. The molecule has 0 fully saturated rings. The summed E-state index contributed by atoms with van der Waals surface area (Å²) in [5.74, 6) is 2.11. The summed E-state index contributed by atoms with van der Waals surface area (Å²) in [6.45, 7) is -0.182. The highest BCUT2D eigenvalue weighted by molar-refractivity contribution is 5.85. The van der Waals surface area contributed by atoms with Gasteiger partial charge in [-0.15, -0.1) is 0 Å². The predicted molar refractivity (Wildman–Crippen MR) is 127 cm³/mol. The van der Waals surface area contributed by atoms with Gasteiger partial charge >= 0.3 is 6.09 Å². The molecule has 1 aliphatic heterocycles. The average molecular weight is 482 g/mol. The van der Waals surface area contributed by atoms with Gasteiger partial charge in [0.15, 0.2) is 17.6 Å². The van der Waals surface area contributed by atoms with Crippen molar-refractivity contribution in [2.45, 2.75) is 18.6 Å². The second kappa shape index (κ2) is 12.0. The molecule has 2 atom stereocenters. The summed E-state index contributed by atoms with van der Waals surface area (Å²) in [7, 11) is 0. The number of anilines is 1. The lowest BCUT2D eigenvalue weighted by Gasteiger charge is -2.29. The van der Waals surface area contributed by atoms with E-state index in [1.807, 2.05) is 18.2 Å². The molecule has 3 N–H and O–H groups in total. The SMILES string of the molecule is O=C(Nc1ccc2c(c1)OCO2)O[C@H](c1ccccc1OCCO)[C@@H](CCO)Oc1ccccc1. The highest BCUT2D eigenvalue weighted by atomic mass is 16.7. The number of rotatable bonds is 11.